The van der Waals surface area contributed by atoms with Crippen molar-refractivity contribution in [1.29, 1.82) is 0 Å². The van der Waals surface area contributed by atoms with Crippen LogP contribution in [0.1, 0.15) is 5.56 Å². The number of nitrogens with two attached hydrogens (primary N) is 1. The van der Waals surface area contributed by atoms with E-state index >= 15 is 0 Å². The number of rotatable bonds is 2. The van der Waals surface area contributed by atoms with Crippen LogP contribution in [0, 0.1) is 0 Å². The van der Waals surface area contributed by atoms with Gasteiger partial charge in [-0.3, -0.25) is 0 Å². The molecule has 0 saturated carbocycles. The molecular formula is C10H13NOS. The Kier molecular flexibility index (Phi) is 2.47. The van der Waals surface area contributed by atoms with Crippen LogP contribution >= 0.6 is 11.8 Å². The van der Waals surface area contributed by atoms with Crippen molar-refractivity contribution in [3.63, 3.8) is 0 Å². The van der Waals surface area contributed by atoms with Crippen LogP contribution in [0.2, 0.25) is 0 Å². The van der Waals surface area contributed by atoms with Gasteiger partial charge in [-0.1, -0.05) is 6.07 Å². The van der Waals surface area contributed by atoms with Gasteiger partial charge in [-0.2, -0.15) is 0 Å². The van der Waals surface area contributed by atoms with Gasteiger partial charge in [0.15, 0.2) is 0 Å². The predicted octanol–water partition coefficient (Wildman–Crippen LogP) is 1.67. The molecule has 3 heteroatoms. The molecule has 0 amide bonds. The molecule has 2 nitrogen and oxygen atoms in total. The molecule has 0 fully saturated rings. The zero-order chi connectivity index (χ0) is 9.26. The van der Waals surface area contributed by atoms with Gasteiger partial charge in [-0.05, 0) is 18.6 Å². The molecule has 2 rings (SSSR count). The zero-order valence-electron chi connectivity index (χ0n) is 7.62. The Labute approximate surface area is 82.5 Å². The highest BCUT2D eigenvalue weighted by Gasteiger charge is 2.23. The van der Waals surface area contributed by atoms with Gasteiger partial charge in [0.05, 0.1) is 7.11 Å². The lowest BCUT2D eigenvalue weighted by Gasteiger charge is -2.04. The van der Waals surface area contributed by atoms with Crippen LogP contribution in [0.4, 0.5) is 0 Å². The highest BCUT2D eigenvalue weighted by atomic mass is 32.2. The summed E-state index contributed by atoms with van der Waals surface area (Å²) in [6.07, 6.45) is 1.04. The van der Waals surface area contributed by atoms with E-state index in [0.29, 0.717) is 5.25 Å². The van der Waals surface area contributed by atoms with E-state index in [1.807, 2.05) is 23.9 Å². The minimum atomic E-state index is 0.534. The molecule has 1 heterocycles. The molecule has 70 valence electrons. The first-order chi connectivity index (χ1) is 6.35. The SMILES string of the molecule is COc1cccc2c1CC(CN)S2. The highest BCUT2D eigenvalue weighted by Crippen LogP contribution is 2.40. The topological polar surface area (TPSA) is 35.2 Å². The Morgan fingerprint density at radius 3 is 3.15 bits per heavy atom. The minimum absolute atomic E-state index is 0.534. The van der Waals surface area contributed by atoms with E-state index in [4.69, 9.17) is 10.5 Å². The third-order valence-electron chi connectivity index (χ3n) is 2.30. The summed E-state index contributed by atoms with van der Waals surface area (Å²) in [5.74, 6) is 1.00. The van der Waals surface area contributed by atoms with Crippen molar-refractivity contribution in [2.45, 2.75) is 16.6 Å². The molecule has 1 aromatic rings. The van der Waals surface area contributed by atoms with Crippen LogP contribution in [0.5, 0.6) is 5.75 Å². The van der Waals surface area contributed by atoms with Crippen LogP contribution in [0.15, 0.2) is 23.1 Å². The van der Waals surface area contributed by atoms with Crippen molar-refractivity contribution in [3.8, 4) is 5.75 Å². The number of hydrogen-bond donors (Lipinski definition) is 1. The molecule has 1 aliphatic heterocycles. The molecule has 13 heavy (non-hydrogen) atoms. The van der Waals surface area contributed by atoms with E-state index in [-0.39, 0.29) is 0 Å². The van der Waals surface area contributed by atoms with Crippen molar-refractivity contribution < 1.29 is 4.74 Å². The van der Waals surface area contributed by atoms with Gasteiger partial charge in [0.2, 0.25) is 0 Å². The Balaban J connectivity index is 2.33. The third kappa shape index (κ3) is 1.54. The summed E-state index contributed by atoms with van der Waals surface area (Å²) in [4.78, 5) is 1.33. The third-order valence-corrected chi connectivity index (χ3v) is 3.63. The largest absolute Gasteiger partial charge is 0.496 e. The Hall–Kier alpha value is -0.670. The van der Waals surface area contributed by atoms with Crippen LogP contribution in [-0.2, 0) is 6.42 Å². The van der Waals surface area contributed by atoms with E-state index in [2.05, 4.69) is 6.07 Å². The molecule has 0 bridgehead atoms. The first kappa shape index (κ1) is 8.91. The number of fused-ring (bicyclic) bond motifs is 1. The van der Waals surface area contributed by atoms with Gasteiger partial charge in [-0.25, -0.2) is 0 Å². The maximum Gasteiger partial charge on any atom is 0.123 e. The lowest BCUT2D eigenvalue weighted by molar-refractivity contribution is 0.408. The molecule has 2 N–H and O–H groups in total. The van der Waals surface area contributed by atoms with Gasteiger partial charge >= 0.3 is 0 Å². The van der Waals surface area contributed by atoms with E-state index in [9.17, 15) is 0 Å². The van der Waals surface area contributed by atoms with Gasteiger partial charge in [0, 0.05) is 22.3 Å². The van der Waals surface area contributed by atoms with E-state index in [1.54, 1.807) is 7.11 Å². The van der Waals surface area contributed by atoms with Crippen LogP contribution in [0.3, 0.4) is 0 Å². The molecule has 0 radical (unpaired) electrons. The first-order valence-electron chi connectivity index (χ1n) is 4.37. The summed E-state index contributed by atoms with van der Waals surface area (Å²) in [5.41, 5.74) is 6.97. The number of methoxy groups -OCH3 is 1. The van der Waals surface area contributed by atoms with Crippen LogP contribution < -0.4 is 10.5 Å². The standard InChI is InChI=1S/C10H13NOS/c1-12-9-3-2-4-10-8(9)5-7(6-11)13-10/h2-4,7H,5-6,11H2,1H3. The van der Waals surface area contributed by atoms with Crippen LogP contribution in [-0.4, -0.2) is 18.9 Å². The second kappa shape index (κ2) is 3.60. The van der Waals surface area contributed by atoms with Crippen molar-refractivity contribution in [1.82, 2.24) is 0 Å². The summed E-state index contributed by atoms with van der Waals surface area (Å²) in [7, 11) is 1.72. The number of ether oxygens (including phenoxy) is 1. The Morgan fingerprint density at radius 2 is 2.46 bits per heavy atom. The predicted molar refractivity (Wildman–Crippen MR) is 55.4 cm³/mol. The zero-order valence-corrected chi connectivity index (χ0v) is 8.43. The molecule has 1 unspecified atom stereocenters. The molecule has 0 aromatic heterocycles. The van der Waals surface area contributed by atoms with E-state index in [1.165, 1.54) is 10.5 Å². The fraction of sp³-hybridized carbons (Fsp3) is 0.400. The molecule has 1 aromatic carbocycles. The second-order valence-electron chi connectivity index (χ2n) is 3.12. The molecular weight excluding hydrogens is 182 g/mol. The number of thioether (sulfide) groups is 1. The van der Waals surface area contributed by atoms with Crippen molar-refractivity contribution in [2.75, 3.05) is 13.7 Å². The summed E-state index contributed by atoms with van der Waals surface area (Å²) in [6, 6.07) is 6.18. The first-order valence-corrected chi connectivity index (χ1v) is 5.25. The summed E-state index contributed by atoms with van der Waals surface area (Å²) in [5, 5.41) is 0.534. The Morgan fingerprint density at radius 1 is 1.62 bits per heavy atom. The van der Waals surface area contributed by atoms with Crippen molar-refractivity contribution in [2.24, 2.45) is 5.73 Å². The van der Waals surface area contributed by atoms with E-state index in [0.717, 1.165) is 18.7 Å². The summed E-state index contributed by atoms with van der Waals surface area (Å²) < 4.78 is 5.30. The Bertz CT molecular complexity index is 314. The van der Waals surface area contributed by atoms with Gasteiger partial charge in [-0.15, -0.1) is 11.8 Å². The highest BCUT2D eigenvalue weighted by molar-refractivity contribution is 8.00. The quantitative estimate of drug-likeness (QED) is 0.779. The monoisotopic (exact) mass is 195 g/mol. The summed E-state index contributed by atoms with van der Waals surface area (Å²) in [6.45, 7) is 0.739. The normalized spacial score (nSPS) is 20.0. The molecule has 0 saturated heterocycles. The van der Waals surface area contributed by atoms with Gasteiger partial charge < -0.3 is 10.5 Å². The fourth-order valence-electron chi connectivity index (χ4n) is 1.63. The maximum absolute atomic E-state index is 5.64. The smallest absolute Gasteiger partial charge is 0.123 e. The summed E-state index contributed by atoms with van der Waals surface area (Å²) >= 11 is 1.86. The maximum atomic E-state index is 5.64. The van der Waals surface area contributed by atoms with Crippen LogP contribution in [0.25, 0.3) is 0 Å². The lowest BCUT2D eigenvalue weighted by Crippen LogP contribution is -2.15. The van der Waals surface area contributed by atoms with Gasteiger partial charge in [0.1, 0.15) is 5.75 Å². The fourth-order valence-corrected chi connectivity index (χ4v) is 2.82. The second-order valence-corrected chi connectivity index (χ2v) is 4.46. The average Bonchev–Trinajstić information content (AvgIpc) is 2.59. The minimum Gasteiger partial charge on any atom is -0.496 e. The number of benzene rings is 1. The lowest BCUT2D eigenvalue weighted by atomic mass is 10.1. The molecule has 0 aliphatic carbocycles. The van der Waals surface area contributed by atoms with E-state index < -0.39 is 0 Å². The van der Waals surface area contributed by atoms with Gasteiger partial charge in [0.25, 0.3) is 0 Å². The average molecular weight is 195 g/mol. The molecule has 0 spiro atoms. The number of hydrogen-bond acceptors (Lipinski definition) is 3. The molecule has 1 aliphatic rings. The molecule has 1 atom stereocenters. The van der Waals surface area contributed by atoms with Crippen molar-refractivity contribution in [3.05, 3.63) is 23.8 Å². The van der Waals surface area contributed by atoms with Crippen molar-refractivity contribution >= 4 is 11.8 Å².